The quantitative estimate of drug-likeness (QED) is 0.170. The van der Waals surface area contributed by atoms with Crippen LogP contribution in [-0.4, -0.2) is 0 Å². The van der Waals surface area contributed by atoms with E-state index in [0.29, 0.717) is 0 Å². The predicted octanol–water partition coefficient (Wildman–Crippen LogP) is 15.6. The van der Waals surface area contributed by atoms with Crippen LogP contribution in [0.2, 0.25) is 0 Å². The topological polar surface area (TPSA) is 16.4 Å². The van der Waals surface area contributed by atoms with Gasteiger partial charge in [0.15, 0.2) is 0 Å². The van der Waals surface area contributed by atoms with Gasteiger partial charge in [-0.25, -0.2) is 0 Å². The van der Waals surface area contributed by atoms with Crippen LogP contribution in [0.3, 0.4) is 0 Å². The maximum absolute atomic E-state index is 6.26. The van der Waals surface area contributed by atoms with Crippen LogP contribution in [0.15, 0.2) is 205 Å². The third-order valence-electron chi connectivity index (χ3n) is 10.9. The minimum absolute atomic E-state index is 0.904. The number of fused-ring (bicyclic) bond motifs is 7. The molecule has 3 heteroatoms. The van der Waals surface area contributed by atoms with Gasteiger partial charge >= 0.3 is 0 Å². The van der Waals surface area contributed by atoms with Crippen molar-refractivity contribution in [1.82, 2.24) is 0 Å². The molecule has 0 N–H and O–H groups in total. The zero-order valence-corrected chi connectivity index (χ0v) is 30.6. The summed E-state index contributed by atoms with van der Waals surface area (Å²) in [5.74, 6) is 0. The minimum atomic E-state index is 0.904. The molecule has 0 saturated heterocycles. The van der Waals surface area contributed by atoms with Crippen LogP contribution in [0.1, 0.15) is 0 Å². The van der Waals surface area contributed by atoms with Crippen LogP contribution < -0.4 is 4.90 Å². The Bertz CT molecular complexity index is 3190. The van der Waals surface area contributed by atoms with Crippen molar-refractivity contribution in [2.24, 2.45) is 0 Å². The number of hydrogen-bond donors (Lipinski definition) is 0. The van der Waals surface area contributed by atoms with Crippen molar-refractivity contribution in [2.45, 2.75) is 0 Å². The molecule has 9 aromatic carbocycles. The fourth-order valence-electron chi connectivity index (χ4n) is 8.25. The number of benzene rings is 9. The molecule has 0 spiro atoms. The Hall–Kier alpha value is -6.94. The highest BCUT2D eigenvalue weighted by Crippen LogP contribution is 2.49. The number of thiophene rings is 1. The van der Waals surface area contributed by atoms with Crippen LogP contribution in [-0.2, 0) is 0 Å². The Morgan fingerprint density at radius 2 is 1.00 bits per heavy atom. The lowest BCUT2D eigenvalue weighted by atomic mass is 9.97. The van der Waals surface area contributed by atoms with E-state index in [1.165, 1.54) is 58.8 Å². The molecule has 0 amide bonds. The molecule has 2 heterocycles. The van der Waals surface area contributed by atoms with Gasteiger partial charge in [0.2, 0.25) is 0 Å². The monoisotopic (exact) mass is 719 g/mol. The first-order valence-electron chi connectivity index (χ1n) is 18.7. The lowest BCUT2D eigenvalue weighted by Gasteiger charge is -2.27. The van der Waals surface area contributed by atoms with Crippen molar-refractivity contribution in [3.05, 3.63) is 200 Å². The molecular formula is C52H33NOS. The van der Waals surface area contributed by atoms with E-state index in [1.54, 1.807) is 0 Å². The van der Waals surface area contributed by atoms with Gasteiger partial charge in [0, 0.05) is 37.6 Å². The number of rotatable bonds is 6. The molecule has 0 saturated carbocycles. The van der Waals surface area contributed by atoms with Gasteiger partial charge < -0.3 is 9.32 Å². The maximum Gasteiger partial charge on any atom is 0.136 e. The van der Waals surface area contributed by atoms with E-state index < -0.39 is 0 Å². The summed E-state index contributed by atoms with van der Waals surface area (Å²) in [6.45, 7) is 0. The average molecular weight is 720 g/mol. The number of anilines is 3. The lowest BCUT2D eigenvalue weighted by molar-refractivity contribution is 0.669. The van der Waals surface area contributed by atoms with Crippen molar-refractivity contribution in [3.8, 4) is 33.4 Å². The summed E-state index contributed by atoms with van der Waals surface area (Å²) in [6, 6.07) is 72.2. The molecule has 2 aromatic heterocycles. The van der Waals surface area contributed by atoms with Crippen molar-refractivity contribution < 1.29 is 4.42 Å². The largest absolute Gasteiger partial charge is 0.456 e. The number of hydrogen-bond acceptors (Lipinski definition) is 3. The van der Waals surface area contributed by atoms with Crippen LogP contribution >= 0.6 is 11.3 Å². The fourth-order valence-corrected chi connectivity index (χ4v) is 9.49. The minimum Gasteiger partial charge on any atom is -0.456 e. The van der Waals surface area contributed by atoms with Crippen LogP contribution in [0.25, 0.3) is 86.3 Å². The molecule has 0 aliphatic carbocycles. The van der Waals surface area contributed by atoms with Crippen LogP contribution in [0, 0.1) is 0 Å². The standard InChI is InChI=1S/C52H33NOS/c1-2-12-36(13-3-1)43-31-32-46(52-51(43)45-16-7-9-20-49(45)55-52)53(40-27-23-35(24-28-40)39-22-21-34-11-4-5-14-38(34)33-39)41-29-25-37(26-30-41)42-17-10-19-48-50(42)44-15-6-8-18-47(44)54-48/h1-33H. The zero-order valence-electron chi connectivity index (χ0n) is 29.8. The van der Waals surface area contributed by atoms with Gasteiger partial charge in [-0.05, 0) is 98.8 Å². The van der Waals surface area contributed by atoms with E-state index in [9.17, 15) is 0 Å². The average Bonchev–Trinajstić information content (AvgIpc) is 3.84. The first-order valence-corrected chi connectivity index (χ1v) is 19.5. The second-order valence-electron chi connectivity index (χ2n) is 14.1. The highest BCUT2D eigenvalue weighted by atomic mass is 32.1. The van der Waals surface area contributed by atoms with E-state index in [2.05, 4.69) is 193 Å². The lowest BCUT2D eigenvalue weighted by Crippen LogP contribution is -2.10. The van der Waals surface area contributed by atoms with Gasteiger partial charge in [0.25, 0.3) is 0 Å². The highest BCUT2D eigenvalue weighted by Gasteiger charge is 2.21. The van der Waals surface area contributed by atoms with E-state index in [-0.39, 0.29) is 0 Å². The third-order valence-corrected chi connectivity index (χ3v) is 12.1. The fraction of sp³-hybridized carbons (Fsp3) is 0. The van der Waals surface area contributed by atoms with Crippen molar-refractivity contribution >= 4 is 81.3 Å². The molecule has 0 atom stereocenters. The molecule has 0 bridgehead atoms. The van der Waals surface area contributed by atoms with Gasteiger partial charge in [0.1, 0.15) is 11.2 Å². The maximum atomic E-state index is 6.26. The molecule has 11 aromatic rings. The van der Waals surface area contributed by atoms with Crippen molar-refractivity contribution in [2.75, 3.05) is 4.90 Å². The molecule has 11 rings (SSSR count). The van der Waals surface area contributed by atoms with Gasteiger partial charge in [0.05, 0.1) is 10.4 Å². The summed E-state index contributed by atoms with van der Waals surface area (Å²) in [5.41, 5.74) is 12.4. The molecule has 0 radical (unpaired) electrons. The summed E-state index contributed by atoms with van der Waals surface area (Å²) >= 11 is 1.87. The molecule has 0 unspecified atom stereocenters. The predicted molar refractivity (Wildman–Crippen MR) is 235 cm³/mol. The summed E-state index contributed by atoms with van der Waals surface area (Å²) in [4.78, 5) is 2.42. The van der Waals surface area contributed by atoms with Gasteiger partial charge in [-0.1, -0.05) is 146 Å². The smallest absolute Gasteiger partial charge is 0.136 e. The molecule has 0 aliphatic heterocycles. The van der Waals surface area contributed by atoms with E-state index in [0.717, 1.165) is 44.6 Å². The van der Waals surface area contributed by atoms with Crippen LogP contribution in [0.4, 0.5) is 17.1 Å². The molecule has 2 nitrogen and oxygen atoms in total. The van der Waals surface area contributed by atoms with Crippen LogP contribution in [0.5, 0.6) is 0 Å². The first kappa shape index (κ1) is 31.6. The second-order valence-corrected chi connectivity index (χ2v) is 15.1. The molecule has 0 fully saturated rings. The van der Waals surface area contributed by atoms with Gasteiger partial charge in [-0.2, -0.15) is 0 Å². The summed E-state index contributed by atoms with van der Waals surface area (Å²) in [6.07, 6.45) is 0. The zero-order chi connectivity index (χ0) is 36.3. The third kappa shape index (κ3) is 5.32. The molecular weight excluding hydrogens is 687 g/mol. The summed E-state index contributed by atoms with van der Waals surface area (Å²) in [7, 11) is 0. The Morgan fingerprint density at radius 1 is 0.382 bits per heavy atom. The van der Waals surface area contributed by atoms with Gasteiger partial charge in [-0.3, -0.25) is 0 Å². The van der Waals surface area contributed by atoms with Crippen molar-refractivity contribution in [3.63, 3.8) is 0 Å². The molecule has 258 valence electrons. The normalized spacial score (nSPS) is 11.6. The van der Waals surface area contributed by atoms with Gasteiger partial charge in [-0.15, -0.1) is 11.3 Å². The summed E-state index contributed by atoms with van der Waals surface area (Å²) < 4.78 is 8.80. The molecule has 55 heavy (non-hydrogen) atoms. The summed E-state index contributed by atoms with van der Waals surface area (Å²) in [5, 5.41) is 7.35. The number of furan rings is 1. The Morgan fingerprint density at radius 3 is 1.82 bits per heavy atom. The highest BCUT2D eigenvalue weighted by molar-refractivity contribution is 7.26. The van der Waals surface area contributed by atoms with E-state index in [4.69, 9.17) is 4.42 Å². The molecule has 0 aliphatic rings. The SMILES string of the molecule is c1ccc(-c2ccc(N(c3ccc(-c4ccc5ccccc5c4)cc3)c3ccc(-c4cccc5oc6ccccc6c45)cc3)c3sc4ccccc4c23)cc1. The van der Waals surface area contributed by atoms with Crippen molar-refractivity contribution in [1.29, 1.82) is 0 Å². The Labute approximate surface area is 322 Å². The first-order chi connectivity index (χ1) is 27.3. The number of para-hydroxylation sites is 1. The Balaban J connectivity index is 1.09. The van der Waals surface area contributed by atoms with E-state index >= 15 is 0 Å². The second kappa shape index (κ2) is 12.9. The van der Waals surface area contributed by atoms with E-state index in [1.807, 2.05) is 23.5 Å². The Kier molecular flexibility index (Phi) is 7.39. The number of nitrogens with zero attached hydrogens (tertiary/aromatic N) is 1.